The lowest BCUT2D eigenvalue weighted by Gasteiger charge is -2.11. The molecule has 8 heteroatoms. The van der Waals surface area contributed by atoms with E-state index < -0.39 is 0 Å². The van der Waals surface area contributed by atoms with Crippen LogP contribution >= 0.6 is 22.9 Å². The Labute approximate surface area is 142 Å². The zero-order valence-electron chi connectivity index (χ0n) is 12.3. The number of hydrogen-bond donors (Lipinski definition) is 2. The van der Waals surface area contributed by atoms with Crippen LogP contribution in [0.1, 0.15) is 12.6 Å². The number of benzene rings is 1. The maximum Gasteiger partial charge on any atom is 0.223 e. The summed E-state index contributed by atoms with van der Waals surface area (Å²) in [6, 6.07) is 7.43. The number of aromatic nitrogens is 3. The summed E-state index contributed by atoms with van der Waals surface area (Å²) in [7, 11) is 0. The topological polar surface area (TPSA) is 71.8 Å². The first kappa shape index (κ1) is 15.5. The molecule has 0 aliphatic carbocycles. The standard InChI is InChI=1S/C15H14ClN5OS/c1-10(22)19-15-20-12(9-23-15)8-17-13-7-11(16)3-4-14(13)21-6-2-5-18-21/h2-7,9,17H,8H2,1H3,(H,19,20,22). The zero-order chi connectivity index (χ0) is 16.2. The number of amides is 1. The van der Waals surface area contributed by atoms with E-state index in [0.717, 1.165) is 17.1 Å². The highest BCUT2D eigenvalue weighted by atomic mass is 35.5. The average Bonchev–Trinajstić information content (AvgIpc) is 3.16. The first-order chi connectivity index (χ1) is 11.1. The SMILES string of the molecule is CC(=O)Nc1nc(CNc2cc(Cl)ccc2-n2cccn2)cs1. The van der Waals surface area contributed by atoms with Gasteiger partial charge in [0.05, 0.1) is 23.6 Å². The molecule has 3 aromatic rings. The van der Waals surface area contributed by atoms with Gasteiger partial charge in [-0.3, -0.25) is 4.79 Å². The highest BCUT2D eigenvalue weighted by Gasteiger charge is 2.08. The van der Waals surface area contributed by atoms with Crippen molar-refractivity contribution in [3.05, 3.63) is 52.8 Å². The van der Waals surface area contributed by atoms with Crippen molar-refractivity contribution < 1.29 is 4.79 Å². The summed E-state index contributed by atoms with van der Waals surface area (Å²) in [6.07, 6.45) is 3.59. The molecule has 118 valence electrons. The molecule has 0 aliphatic heterocycles. The summed E-state index contributed by atoms with van der Waals surface area (Å²) in [4.78, 5) is 15.4. The number of rotatable bonds is 5. The van der Waals surface area contributed by atoms with E-state index in [2.05, 4.69) is 20.7 Å². The van der Waals surface area contributed by atoms with E-state index in [1.807, 2.05) is 35.8 Å². The van der Waals surface area contributed by atoms with Crippen LogP contribution in [0, 0.1) is 0 Å². The summed E-state index contributed by atoms with van der Waals surface area (Å²) >= 11 is 7.48. The van der Waals surface area contributed by atoms with Gasteiger partial charge in [-0.1, -0.05) is 11.6 Å². The van der Waals surface area contributed by atoms with Crippen LogP contribution < -0.4 is 10.6 Å². The van der Waals surface area contributed by atoms with Crippen molar-refractivity contribution in [2.75, 3.05) is 10.6 Å². The third-order valence-corrected chi connectivity index (χ3v) is 4.05. The van der Waals surface area contributed by atoms with E-state index in [9.17, 15) is 4.79 Å². The van der Waals surface area contributed by atoms with Crippen LogP contribution in [0.5, 0.6) is 0 Å². The summed E-state index contributed by atoms with van der Waals surface area (Å²) < 4.78 is 1.77. The van der Waals surface area contributed by atoms with Gasteiger partial charge >= 0.3 is 0 Å². The number of carbonyl (C=O) groups excluding carboxylic acids is 1. The summed E-state index contributed by atoms with van der Waals surface area (Å²) in [6.45, 7) is 1.98. The molecule has 3 rings (SSSR count). The Balaban J connectivity index is 1.76. The number of carbonyl (C=O) groups is 1. The van der Waals surface area contributed by atoms with E-state index in [1.165, 1.54) is 18.3 Å². The largest absolute Gasteiger partial charge is 0.378 e. The number of hydrogen-bond acceptors (Lipinski definition) is 5. The maximum absolute atomic E-state index is 11.0. The second-order valence-corrected chi connectivity index (χ2v) is 6.09. The first-order valence-corrected chi connectivity index (χ1v) is 8.13. The van der Waals surface area contributed by atoms with Gasteiger partial charge in [0, 0.05) is 29.7 Å². The monoisotopic (exact) mass is 347 g/mol. The van der Waals surface area contributed by atoms with Gasteiger partial charge in [0.15, 0.2) is 5.13 Å². The van der Waals surface area contributed by atoms with E-state index in [-0.39, 0.29) is 5.91 Å². The Morgan fingerprint density at radius 1 is 1.43 bits per heavy atom. The molecule has 0 radical (unpaired) electrons. The molecule has 0 aliphatic rings. The lowest BCUT2D eigenvalue weighted by Crippen LogP contribution is -2.07. The number of halogens is 1. The molecule has 0 atom stereocenters. The van der Waals surface area contributed by atoms with Gasteiger partial charge < -0.3 is 10.6 Å². The molecular formula is C15H14ClN5OS. The molecular weight excluding hydrogens is 334 g/mol. The molecule has 0 bridgehead atoms. The van der Waals surface area contributed by atoms with E-state index in [4.69, 9.17) is 11.6 Å². The Morgan fingerprint density at radius 2 is 2.30 bits per heavy atom. The van der Waals surface area contributed by atoms with Crippen molar-refractivity contribution in [3.8, 4) is 5.69 Å². The fourth-order valence-electron chi connectivity index (χ4n) is 2.04. The maximum atomic E-state index is 11.0. The quantitative estimate of drug-likeness (QED) is 0.740. The van der Waals surface area contributed by atoms with Crippen LogP contribution in [0.25, 0.3) is 5.69 Å². The van der Waals surface area contributed by atoms with Gasteiger partial charge in [0.2, 0.25) is 5.91 Å². The predicted molar refractivity (Wildman–Crippen MR) is 92.3 cm³/mol. The molecule has 0 unspecified atom stereocenters. The molecule has 0 spiro atoms. The second-order valence-electron chi connectivity index (χ2n) is 4.79. The molecule has 1 aromatic carbocycles. The van der Waals surface area contributed by atoms with Crippen LogP contribution in [-0.2, 0) is 11.3 Å². The number of anilines is 2. The van der Waals surface area contributed by atoms with Gasteiger partial charge in [-0.2, -0.15) is 5.10 Å². The minimum absolute atomic E-state index is 0.130. The predicted octanol–water partition coefficient (Wildman–Crippen LogP) is 3.55. The highest BCUT2D eigenvalue weighted by molar-refractivity contribution is 7.13. The molecule has 0 fully saturated rings. The summed E-state index contributed by atoms with van der Waals surface area (Å²) in [5.41, 5.74) is 2.59. The Bertz CT molecular complexity index is 815. The summed E-state index contributed by atoms with van der Waals surface area (Å²) in [5.74, 6) is -0.130. The van der Waals surface area contributed by atoms with Gasteiger partial charge in [-0.15, -0.1) is 11.3 Å². The molecule has 2 aromatic heterocycles. The van der Waals surface area contributed by atoms with Crippen molar-refractivity contribution in [1.29, 1.82) is 0 Å². The molecule has 2 N–H and O–H groups in total. The third kappa shape index (κ3) is 3.88. The molecule has 0 saturated heterocycles. The van der Waals surface area contributed by atoms with Gasteiger partial charge in [0.1, 0.15) is 0 Å². The van der Waals surface area contributed by atoms with E-state index >= 15 is 0 Å². The van der Waals surface area contributed by atoms with Crippen LogP contribution in [0.4, 0.5) is 10.8 Å². The van der Waals surface area contributed by atoms with Gasteiger partial charge in [-0.25, -0.2) is 9.67 Å². The van der Waals surface area contributed by atoms with Gasteiger partial charge in [-0.05, 0) is 24.3 Å². The number of thiazole rings is 1. The highest BCUT2D eigenvalue weighted by Crippen LogP contribution is 2.25. The van der Waals surface area contributed by atoms with Crippen molar-refractivity contribution in [3.63, 3.8) is 0 Å². The molecule has 0 saturated carbocycles. The van der Waals surface area contributed by atoms with E-state index in [0.29, 0.717) is 16.7 Å². The molecule has 23 heavy (non-hydrogen) atoms. The third-order valence-electron chi connectivity index (χ3n) is 3.00. The molecule has 2 heterocycles. The van der Waals surface area contributed by atoms with Crippen LogP contribution in [0.15, 0.2) is 42.0 Å². The van der Waals surface area contributed by atoms with Crippen LogP contribution in [0.3, 0.4) is 0 Å². The zero-order valence-corrected chi connectivity index (χ0v) is 13.9. The lowest BCUT2D eigenvalue weighted by atomic mass is 10.2. The first-order valence-electron chi connectivity index (χ1n) is 6.87. The summed E-state index contributed by atoms with van der Waals surface area (Å²) in [5, 5.41) is 13.4. The smallest absolute Gasteiger partial charge is 0.223 e. The Morgan fingerprint density at radius 3 is 3.04 bits per heavy atom. The van der Waals surface area contributed by atoms with E-state index in [1.54, 1.807) is 10.9 Å². The number of nitrogens with one attached hydrogen (secondary N) is 2. The average molecular weight is 348 g/mol. The second kappa shape index (κ2) is 6.80. The Kier molecular flexibility index (Phi) is 4.59. The van der Waals surface area contributed by atoms with Crippen molar-refractivity contribution in [2.24, 2.45) is 0 Å². The fraction of sp³-hybridized carbons (Fsp3) is 0.133. The van der Waals surface area contributed by atoms with Crippen LogP contribution in [-0.4, -0.2) is 20.7 Å². The fourth-order valence-corrected chi connectivity index (χ4v) is 2.97. The van der Waals surface area contributed by atoms with Crippen molar-refractivity contribution in [1.82, 2.24) is 14.8 Å². The Hall–Kier alpha value is -2.38. The molecule has 1 amide bonds. The van der Waals surface area contributed by atoms with Crippen molar-refractivity contribution in [2.45, 2.75) is 13.5 Å². The minimum Gasteiger partial charge on any atom is -0.378 e. The lowest BCUT2D eigenvalue weighted by molar-refractivity contribution is -0.114. The number of nitrogens with zero attached hydrogens (tertiary/aromatic N) is 3. The minimum atomic E-state index is -0.130. The van der Waals surface area contributed by atoms with Crippen LogP contribution in [0.2, 0.25) is 5.02 Å². The molecule has 6 nitrogen and oxygen atoms in total. The normalized spacial score (nSPS) is 10.5. The van der Waals surface area contributed by atoms with Gasteiger partial charge in [0.25, 0.3) is 0 Å². The van der Waals surface area contributed by atoms with Crippen molar-refractivity contribution >= 4 is 39.7 Å².